The molecular formula is C20H28ClFN4O2. The van der Waals surface area contributed by atoms with E-state index in [9.17, 15) is 9.18 Å². The van der Waals surface area contributed by atoms with Crippen LogP contribution in [0.1, 0.15) is 25.0 Å². The van der Waals surface area contributed by atoms with Crippen LogP contribution in [0.3, 0.4) is 0 Å². The zero-order valence-electron chi connectivity index (χ0n) is 16.1. The van der Waals surface area contributed by atoms with Gasteiger partial charge in [-0.15, -0.1) is 12.4 Å². The molecule has 6 nitrogen and oxygen atoms in total. The van der Waals surface area contributed by atoms with Gasteiger partial charge in [0.2, 0.25) is 0 Å². The molecule has 1 fully saturated rings. The van der Waals surface area contributed by atoms with Gasteiger partial charge >= 0.3 is 0 Å². The monoisotopic (exact) mass is 410 g/mol. The zero-order chi connectivity index (χ0) is 19.1. The van der Waals surface area contributed by atoms with Crippen LogP contribution >= 0.6 is 12.4 Å². The lowest BCUT2D eigenvalue weighted by Gasteiger charge is -2.27. The van der Waals surface area contributed by atoms with Crippen LogP contribution in [0.4, 0.5) is 4.39 Å². The van der Waals surface area contributed by atoms with Crippen molar-refractivity contribution in [2.24, 2.45) is 0 Å². The molecule has 2 N–H and O–H groups in total. The van der Waals surface area contributed by atoms with E-state index >= 15 is 0 Å². The minimum absolute atomic E-state index is 0. The first-order valence-electron chi connectivity index (χ1n) is 9.51. The van der Waals surface area contributed by atoms with Crippen LogP contribution in [0.15, 0.2) is 30.3 Å². The number of aromatic nitrogens is 2. The predicted octanol–water partition coefficient (Wildman–Crippen LogP) is 2.80. The molecule has 0 saturated carbocycles. The summed E-state index contributed by atoms with van der Waals surface area (Å²) in [6.07, 6.45) is 3.52. The predicted molar refractivity (Wildman–Crippen MR) is 109 cm³/mol. The van der Waals surface area contributed by atoms with Crippen LogP contribution in [0.2, 0.25) is 0 Å². The van der Waals surface area contributed by atoms with E-state index < -0.39 is 0 Å². The molecule has 1 aliphatic heterocycles. The van der Waals surface area contributed by atoms with Crippen molar-refractivity contribution in [3.8, 4) is 11.3 Å². The van der Waals surface area contributed by atoms with E-state index in [0.29, 0.717) is 13.2 Å². The smallest absolute Gasteiger partial charge is 0.252 e. The zero-order valence-corrected chi connectivity index (χ0v) is 16.9. The van der Waals surface area contributed by atoms with Crippen molar-refractivity contribution < 1.29 is 13.9 Å². The lowest BCUT2D eigenvalue weighted by atomic mass is 10.1. The second-order valence-corrected chi connectivity index (χ2v) is 6.92. The normalized spacial score (nSPS) is 16.4. The summed E-state index contributed by atoms with van der Waals surface area (Å²) in [7, 11) is 1.83. The lowest BCUT2D eigenvalue weighted by molar-refractivity contribution is -0.143. The Morgan fingerprint density at radius 1 is 1.32 bits per heavy atom. The van der Waals surface area contributed by atoms with Gasteiger partial charge < -0.3 is 15.0 Å². The van der Waals surface area contributed by atoms with Gasteiger partial charge in [0.1, 0.15) is 11.9 Å². The van der Waals surface area contributed by atoms with Crippen molar-refractivity contribution in [2.45, 2.75) is 31.8 Å². The number of hydrogen-bond donors (Lipinski definition) is 2. The van der Waals surface area contributed by atoms with Crippen LogP contribution < -0.4 is 5.32 Å². The van der Waals surface area contributed by atoms with Gasteiger partial charge in [0.25, 0.3) is 5.91 Å². The third-order valence-corrected chi connectivity index (χ3v) is 4.77. The maximum absolute atomic E-state index is 13.3. The number of amides is 1. The number of aryl methyl sites for hydroxylation is 1. The minimum Gasteiger partial charge on any atom is -0.366 e. The summed E-state index contributed by atoms with van der Waals surface area (Å²) in [5, 5.41) is 10.5. The van der Waals surface area contributed by atoms with Crippen molar-refractivity contribution in [1.82, 2.24) is 20.4 Å². The molecule has 0 spiro atoms. The molecule has 0 aliphatic carbocycles. The maximum Gasteiger partial charge on any atom is 0.252 e. The summed E-state index contributed by atoms with van der Waals surface area (Å²) in [5.41, 5.74) is 2.58. The molecule has 1 unspecified atom stereocenters. The fourth-order valence-electron chi connectivity index (χ4n) is 3.21. The number of nitrogens with one attached hydrogen (secondary N) is 2. The molecule has 1 aliphatic rings. The SMILES string of the molecule is CN(CCCCCc1cc(-c2cccc(F)c2)n[nH]1)C(=O)C1CNCCO1.Cl. The van der Waals surface area contributed by atoms with Gasteiger partial charge in [0, 0.05) is 37.9 Å². The van der Waals surface area contributed by atoms with Gasteiger partial charge in [-0.1, -0.05) is 18.6 Å². The average molecular weight is 411 g/mol. The van der Waals surface area contributed by atoms with Gasteiger partial charge in [-0.25, -0.2) is 4.39 Å². The Kier molecular flexibility index (Phi) is 8.89. The Hall–Kier alpha value is -1.96. The average Bonchev–Trinajstić information content (AvgIpc) is 3.16. The lowest BCUT2D eigenvalue weighted by Crippen LogP contribution is -2.48. The molecule has 1 atom stereocenters. The molecule has 8 heteroatoms. The molecule has 28 heavy (non-hydrogen) atoms. The summed E-state index contributed by atoms with van der Waals surface area (Å²) in [5.74, 6) is -0.208. The van der Waals surface area contributed by atoms with E-state index in [2.05, 4.69) is 15.5 Å². The van der Waals surface area contributed by atoms with Gasteiger partial charge in [-0.2, -0.15) is 5.10 Å². The highest BCUT2D eigenvalue weighted by atomic mass is 35.5. The van der Waals surface area contributed by atoms with Crippen LogP contribution in [-0.4, -0.2) is 60.4 Å². The summed E-state index contributed by atoms with van der Waals surface area (Å²) < 4.78 is 18.8. The first-order valence-corrected chi connectivity index (χ1v) is 9.51. The molecule has 1 aromatic heterocycles. The summed E-state index contributed by atoms with van der Waals surface area (Å²) >= 11 is 0. The maximum atomic E-state index is 13.3. The molecule has 2 heterocycles. The summed E-state index contributed by atoms with van der Waals surface area (Å²) in [4.78, 5) is 14.0. The Balaban J connectivity index is 0.00000280. The number of H-pyrrole nitrogens is 1. The number of carbonyl (C=O) groups is 1. The Bertz CT molecular complexity index is 749. The molecule has 0 radical (unpaired) electrons. The standard InChI is InChI=1S/C20H27FN4O2.ClH/c1-25(20(26)19-14-22-9-11-27-19)10-4-2-3-8-17-13-18(24-23-17)15-6-5-7-16(21)12-15;/h5-7,12-13,19,22H,2-4,8-11,14H2,1H3,(H,23,24);1H. The number of nitrogens with zero attached hydrogens (tertiary/aromatic N) is 2. The Morgan fingerprint density at radius 2 is 2.18 bits per heavy atom. The van der Waals surface area contributed by atoms with Gasteiger partial charge in [0.05, 0.1) is 12.3 Å². The van der Waals surface area contributed by atoms with Gasteiger partial charge in [0.15, 0.2) is 0 Å². The Labute approximate surface area is 171 Å². The minimum atomic E-state index is -0.352. The third kappa shape index (κ3) is 6.29. The highest BCUT2D eigenvalue weighted by molar-refractivity contribution is 5.85. The fourth-order valence-corrected chi connectivity index (χ4v) is 3.21. The molecule has 2 aromatic rings. The number of morpholine rings is 1. The van der Waals surface area contributed by atoms with E-state index in [1.54, 1.807) is 11.0 Å². The Morgan fingerprint density at radius 3 is 2.93 bits per heavy atom. The number of benzene rings is 1. The summed E-state index contributed by atoms with van der Waals surface area (Å²) in [6, 6.07) is 8.42. The first-order chi connectivity index (χ1) is 13.1. The van der Waals surface area contributed by atoms with Crippen LogP contribution in [0.5, 0.6) is 0 Å². The van der Waals surface area contributed by atoms with Gasteiger partial charge in [-0.05, 0) is 37.5 Å². The molecular weight excluding hydrogens is 383 g/mol. The molecule has 1 amide bonds. The number of carbonyl (C=O) groups excluding carboxylic acids is 1. The van der Waals surface area contributed by atoms with E-state index in [1.165, 1.54) is 12.1 Å². The third-order valence-electron chi connectivity index (χ3n) is 4.77. The number of likely N-dealkylation sites (N-methyl/N-ethyl adjacent to an activating group) is 1. The van der Waals surface area contributed by atoms with Crippen molar-refractivity contribution >= 4 is 18.3 Å². The van der Waals surface area contributed by atoms with Gasteiger partial charge in [-0.3, -0.25) is 9.89 Å². The number of halogens is 2. The first kappa shape index (κ1) is 22.3. The van der Waals surface area contributed by atoms with Crippen molar-refractivity contribution in [2.75, 3.05) is 33.3 Å². The number of aromatic amines is 1. The van der Waals surface area contributed by atoms with E-state index in [-0.39, 0.29) is 30.2 Å². The number of rotatable bonds is 8. The molecule has 154 valence electrons. The van der Waals surface area contributed by atoms with Crippen LogP contribution in [-0.2, 0) is 16.0 Å². The molecule has 1 saturated heterocycles. The number of unbranched alkanes of at least 4 members (excludes halogenated alkanes) is 2. The highest BCUT2D eigenvalue weighted by Gasteiger charge is 2.24. The fraction of sp³-hybridized carbons (Fsp3) is 0.500. The molecule has 0 bridgehead atoms. The number of ether oxygens (including phenoxy) is 1. The highest BCUT2D eigenvalue weighted by Crippen LogP contribution is 2.19. The van der Waals surface area contributed by atoms with E-state index in [0.717, 1.165) is 55.7 Å². The molecule has 3 rings (SSSR count). The number of hydrogen-bond acceptors (Lipinski definition) is 4. The van der Waals surface area contributed by atoms with Crippen LogP contribution in [0.25, 0.3) is 11.3 Å². The largest absolute Gasteiger partial charge is 0.366 e. The second-order valence-electron chi connectivity index (χ2n) is 6.92. The van der Waals surface area contributed by atoms with E-state index in [1.807, 2.05) is 19.2 Å². The summed E-state index contributed by atoms with van der Waals surface area (Å²) in [6.45, 7) is 2.72. The van der Waals surface area contributed by atoms with Crippen molar-refractivity contribution in [1.29, 1.82) is 0 Å². The van der Waals surface area contributed by atoms with Crippen molar-refractivity contribution in [3.05, 3.63) is 41.8 Å². The second kappa shape index (κ2) is 11.1. The quantitative estimate of drug-likeness (QED) is 0.656. The molecule has 1 aromatic carbocycles. The van der Waals surface area contributed by atoms with E-state index in [4.69, 9.17) is 4.74 Å². The topological polar surface area (TPSA) is 70.2 Å². The van der Waals surface area contributed by atoms with Crippen molar-refractivity contribution in [3.63, 3.8) is 0 Å². The van der Waals surface area contributed by atoms with Crippen LogP contribution in [0, 0.1) is 5.82 Å².